The number of esters is 1. The molecule has 168 valence electrons. The largest absolute Gasteiger partial charge is 0.477 e. The van der Waals surface area contributed by atoms with Gasteiger partial charge in [-0.25, -0.2) is 9.59 Å². The van der Waals surface area contributed by atoms with Gasteiger partial charge in [-0.15, -0.1) is 0 Å². The van der Waals surface area contributed by atoms with Gasteiger partial charge in [0.25, 0.3) is 5.91 Å². The molecule has 9 nitrogen and oxygen atoms in total. The number of carbonyl (C=O) groups excluding carboxylic acids is 3. The minimum Gasteiger partial charge on any atom is -0.477 e. The molecule has 1 unspecified atom stereocenters. The Labute approximate surface area is 182 Å². The predicted octanol–water partition coefficient (Wildman–Crippen LogP) is 1.69. The van der Waals surface area contributed by atoms with Crippen molar-refractivity contribution in [2.45, 2.75) is 45.8 Å². The first-order valence-corrected chi connectivity index (χ1v) is 10.7. The number of carbonyl (C=O) groups is 3. The Morgan fingerprint density at radius 1 is 1.26 bits per heavy atom. The minimum atomic E-state index is -0.709. The zero-order valence-corrected chi connectivity index (χ0v) is 18.2. The van der Waals surface area contributed by atoms with Gasteiger partial charge in [0, 0.05) is 6.04 Å². The van der Waals surface area contributed by atoms with E-state index in [1.807, 2.05) is 36.9 Å². The third-order valence-corrected chi connectivity index (χ3v) is 5.41. The zero-order valence-electron chi connectivity index (χ0n) is 18.2. The number of hydrogen-bond donors (Lipinski definition) is 3. The van der Waals surface area contributed by atoms with Crippen molar-refractivity contribution in [3.8, 4) is 5.75 Å². The van der Waals surface area contributed by atoms with Gasteiger partial charge in [-0.2, -0.15) is 0 Å². The van der Waals surface area contributed by atoms with E-state index in [2.05, 4.69) is 16.0 Å². The van der Waals surface area contributed by atoms with E-state index in [1.54, 1.807) is 13.0 Å². The highest BCUT2D eigenvalue weighted by Gasteiger charge is 2.33. The number of hydrogen-bond acceptors (Lipinski definition) is 6. The van der Waals surface area contributed by atoms with Crippen molar-refractivity contribution in [3.05, 3.63) is 35.5 Å². The molecule has 9 heteroatoms. The SMILES string of the molecule is CCOC(=O)C1=C(CN2CC(C(=O)NC(CC)CC)Oc3ccccc32)NC(=O)NC1. The van der Waals surface area contributed by atoms with Gasteiger partial charge in [-0.05, 0) is 31.9 Å². The van der Waals surface area contributed by atoms with E-state index < -0.39 is 12.1 Å². The monoisotopic (exact) mass is 430 g/mol. The molecule has 3 amide bonds. The molecule has 0 saturated heterocycles. The summed E-state index contributed by atoms with van der Waals surface area (Å²) < 4.78 is 11.1. The van der Waals surface area contributed by atoms with E-state index in [0.717, 1.165) is 18.5 Å². The molecule has 3 N–H and O–H groups in total. The number of nitrogens with one attached hydrogen (secondary N) is 3. The van der Waals surface area contributed by atoms with Crippen LogP contribution in [0.2, 0.25) is 0 Å². The first-order valence-electron chi connectivity index (χ1n) is 10.7. The summed E-state index contributed by atoms with van der Waals surface area (Å²) in [5.74, 6) is -0.0753. The summed E-state index contributed by atoms with van der Waals surface area (Å²) in [4.78, 5) is 39.1. The first kappa shape index (κ1) is 22.5. The maximum Gasteiger partial charge on any atom is 0.337 e. The third kappa shape index (κ3) is 5.28. The topological polar surface area (TPSA) is 109 Å². The lowest BCUT2D eigenvalue weighted by atomic mass is 10.1. The number of amides is 3. The van der Waals surface area contributed by atoms with Gasteiger partial charge in [-0.1, -0.05) is 26.0 Å². The van der Waals surface area contributed by atoms with Crippen molar-refractivity contribution in [1.82, 2.24) is 16.0 Å². The number of nitrogens with zero attached hydrogens (tertiary/aromatic N) is 1. The minimum absolute atomic E-state index is 0.0866. The number of rotatable bonds is 8. The van der Waals surface area contributed by atoms with Gasteiger partial charge >= 0.3 is 12.0 Å². The molecule has 0 saturated carbocycles. The molecule has 0 radical (unpaired) electrons. The van der Waals surface area contributed by atoms with Crippen LogP contribution in [0.25, 0.3) is 0 Å². The first-order chi connectivity index (χ1) is 15.0. The molecule has 0 aromatic heterocycles. The highest BCUT2D eigenvalue weighted by atomic mass is 16.5. The Morgan fingerprint density at radius 2 is 2.00 bits per heavy atom. The Bertz CT molecular complexity index is 865. The highest BCUT2D eigenvalue weighted by molar-refractivity contribution is 5.94. The van der Waals surface area contributed by atoms with Crippen molar-refractivity contribution >= 4 is 23.6 Å². The second-order valence-corrected chi connectivity index (χ2v) is 7.46. The van der Waals surface area contributed by atoms with Crippen LogP contribution in [-0.2, 0) is 14.3 Å². The molecule has 2 heterocycles. The lowest BCUT2D eigenvalue weighted by molar-refractivity contribution is -0.138. The van der Waals surface area contributed by atoms with Crippen LogP contribution in [0.5, 0.6) is 5.75 Å². The van der Waals surface area contributed by atoms with Crippen LogP contribution in [0.4, 0.5) is 10.5 Å². The van der Waals surface area contributed by atoms with Crippen LogP contribution in [0.15, 0.2) is 35.5 Å². The number of ether oxygens (including phenoxy) is 2. The number of urea groups is 1. The molecule has 1 atom stereocenters. The zero-order chi connectivity index (χ0) is 22.4. The maximum atomic E-state index is 12.9. The Morgan fingerprint density at radius 3 is 2.71 bits per heavy atom. The molecule has 0 fully saturated rings. The molecule has 1 aromatic carbocycles. The van der Waals surface area contributed by atoms with Crippen LogP contribution < -0.4 is 25.6 Å². The van der Waals surface area contributed by atoms with Gasteiger partial charge in [-0.3, -0.25) is 4.79 Å². The van der Waals surface area contributed by atoms with Crippen molar-refractivity contribution in [2.75, 3.05) is 31.1 Å². The molecule has 0 spiro atoms. The maximum absolute atomic E-state index is 12.9. The van der Waals surface area contributed by atoms with Crippen molar-refractivity contribution in [1.29, 1.82) is 0 Å². The molecule has 0 bridgehead atoms. The smallest absolute Gasteiger partial charge is 0.337 e. The van der Waals surface area contributed by atoms with Gasteiger partial charge < -0.3 is 30.3 Å². The molecular weight excluding hydrogens is 400 g/mol. The average molecular weight is 431 g/mol. The summed E-state index contributed by atoms with van der Waals surface area (Å²) in [6.07, 6.45) is 0.966. The Kier molecular flexibility index (Phi) is 7.38. The lowest BCUT2D eigenvalue weighted by Gasteiger charge is -2.37. The fourth-order valence-electron chi connectivity index (χ4n) is 3.65. The Hall–Kier alpha value is -3.23. The van der Waals surface area contributed by atoms with E-state index in [-0.39, 0.29) is 44.2 Å². The second-order valence-electron chi connectivity index (χ2n) is 7.46. The second kappa shape index (κ2) is 10.2. The lowest BCUT2D eigenvalue weighted by Crippen LogP contribution is -2.53. The molecule has 2 aliphatic rings. The van der Waals surface area contributed by atoms with E-state index in [9.17, 15) is 14.4 Å². The third-order valence-electron chi connectivity index (χ3n) is 5.41. The summed E-state index contributed by atoms with van der Waals surface area (Å²) in [6, 6.07) is 7.12. The summed E-state index contributed by atoms with van der Waals surface area (Å²) in [6.45, 7) is 6.63. The van der Waals surface area contributed by atoms with E-state index >= 15 is 0 Å². The van der Waals surface area contributed by atoms with Gasteiger partial charge in [0.05, 0.1) is 43.2 Å². The normalized spacial score (nSPS) is 18.0. The van der Waals surface area contributed by atoms with Crippen LogP contribution in [0, 0.1) is 0 Å². The Balaban J connectivity index is 1.87. The van der Waals surface area contributed by atoms with E-state index in [0.29, 0.717) is 17.0 Å². The van der Waals surface area contributed by atoms with Crippen LogP contribution in [0.3, 0.4) is 0 Å². The van der Waals surface area contributed by atoms with Gasteiger partial charge in [0.2, 0.25) is 0 Å². The van der Waals surface area contributed by atoms with Crippen LogP contribution in [-0.4, -0.2) is 56.3 Å². The molecular formula is C22H30N4O5. The van der Waals surface area contributed by atoms with E-state index in [1.165, 1.54) is 0 Å². The predicted molar refractivity (Wildman–Crippen MR) is 116 cm³/mol. The number of anilines is 1. The molecule has 3 rings (SSSR count). The van der Waals surface area contributed by atoms with Gasteiger partial charge in [0.15, 0.2) is 6.10 Å². The van der Waals surface area contributed by atoms with Crippen molar-refractivity contribution in [3.63, 3.8) is 0 Å². The average Bonchev–Trinajstić information content (AvgIpc) is 2.77. The van der Waals surface area contributed by atoms with E-state index in [4.69, 9.17) is 9.47 Å². The highest BCUT2D eigenvalue weighted by Crippen LogP contribution is 2.33. The quantitative estimate of drug-likeness (QED) is 0.542. The number of benzene rings is 1. The summed E-state index contributed by atoms with van der Waals surface area (Å²) >= 11 is 0. The van der Waals surface area contributed by atoms with Crippen molar-refractivity contribution in [2.24, 2.45) is 0 Å². The fraction of sp³-hybridized carbons (Fsp3) is 0.500. The van der Waals surface area contributed by atoms with Crippen LogP contribution >= 0.6 is 0 Å². The fourth-order valence-corrected chi connectivity index (χ4v) is 3.65. The summed E-state index contributed by atoms with van der Waals surface area (Å²) in [5, 5.41) is 8.36. The summed E-state index contributed by atoms with van der Waals surface area (Å²) in [5.41, 5.74) is 1.61. The summed E-state index contributed by atoms with van der Waals surface area (Å²) in [7, 11) is 0. The molecule has 1 aromatic rings. The molecule has 31 heavy (non-hydrogen) atoms. The van der Waals surface area contributed by atoms with Crippen molar-refractivity contribution < 1.29 is 23.9 Å². The standard InChI is InChI=1S/C22H30N4O5/c1-4-14(5-2)24-20(27)19-13-26(17-9-7-8-10-18(17)31-19)12-16-15(21(28)30-6-3)11-23-22(29)25-16/h7-10,14,19H,4-6,11-13H2,1-3H3,(H,24,27)(H2,23,25,29). The number of para-hydroxylation sites is 2. The van der Waals surface area contributed by atoms with Crippen LogP contribution in [0.1, 0.15) is 33.6 Å². The molecule has 0 aliphatic carbocycles. The number of fused-ring (bicyclic) bond motifs is 1. The molecule has 2 aliphatic heterocycles. The van der Waals surface area contributed by atoms with Gasteiger partial charge in [0.1, 0.15) is 5.75 Å².